The minimum atomic E-state index is -0.572. The van der Waals surface area contributed by atoms with Crippen molar-refractivity contribution >= 4 is 45.6 Å². The molecule has 0 aliphatic rings. The summed E-state index contributed by atoms with van der Waals surface area (Å²) in [5.74, 6) is -0.920. The van der Waals surface area contributed by atoms with Gasteiger partial charge in [-0.2, -0.15) is 5.10 Å². The first kappa shape index (κ1) is 19.3. The minimum absolute atomic E-state index is 0.346. The summed E-state index contributed by atoms with van der Waals surface area (Å²) in [7, 11) is 1.79. The van der Waals surface area contributed by atoms with Crippen molar-refractivity contribution in [1.29, 1.82) is 0 Å². The minimum Gasteiger partial charge on any atom is -0.452 e. The number of hydrogen-bond acceptors (Lipinski definition) is 7. The fourth-order valence-electron chi connectivity index (χ4n) is 3.02. The van der Waals surface area contributed by atoms with Gasteiger partial charge in [0, 0.05) is 11.9 Å². The summed E-state index contributed by atoms with van der Waals surface area (Å²) in [6.07, 6.45) is 0. The SMILES string of the molecule is Cc1nn(C)c2nc(-c3cccs3)cc(C(=O)OCC(=O)NCc3cccs3)c12. The summed E-state index contributed by atoms with van der Waals surface area (Å²) in [5, 5.41) is 11.7. The van der Waals surface area contributed by atoms with E-state index < -0.39 is 5.97 Å². The molecule has 4 aromatic rings. The van der Waals surface area contributed by atoms with E-state index in [0.29, 0.717) is 34.5 Å². The van der Waals surface area contributed by atoms with Crippen molar-refractivity contribution in [3.05, 3.63) is 57.2 Å². The Labute approximate surface area is 175 Å². The van der Waals surface area contributed by atoms with Gasteiger partial charge in [-0.05, 0) is 35.9 Å². The van der Waals surface area contributed by atoms with Crippen molar-refractivity contribution in [2.24, 2.45) is 7.05 Å². The highest BCUT2D eigenvalue weighted by Crippen LogP contribution is 2.29. The number of carbonyl (C=O) groups is 2. The third-order valence-corrected chi connectivity index (χ3v) is 6.11. The molecule has 1 amide bonds. The number of nitrogens with one attached hydrogen (secondary N) is 1. The smallest absolute Gasteiger partial charge is 0.339 e. The first-order valence-corrected chi connectivity index (χ1v) is 10.6. The lowest BCUT2D eigenvalue weighted by Crippen LogP contribution is -2.28. The van der Waals surface area contributed by atoms with E-state index in [2.05, 4.69) is 15.4 Å². The summed E-state index contributed by atoms with van der Waals surface area (Å²) in [5.41, 5.74) is 2.31. The molecule has 29 heavy (non-hydrogen) atoms. The molecule has 0 aliphatic heterocycles. The average Bonchev–Trinajstić information content (AvgIpc) is 3.47. The number of carbonyl (C=O) groups excluding carboxylic acids is 2. The van der Waals surface area contributed by atoms with E-state index in [-0.39, 0.29) is 12.5 Å². The van der Waals surface area contributed by atoms with Crippen molar-refractivity contribution < 1.29 is 14.3 Å². The number of rotatable bonds is 6. The molecule has 4 heterocycles. The molecular weight excluding hydrogens is 408 g/mol. The van der Waals surface area contributed by atoms with E-state index >= 15 is 0 Å². The van der Waals surface area contributed by atoms with Crippen LogP contribution in [-0.4, -0.2) is 33.2 Å². The van der Waals surface area contributed by atoms with Crippen LogP contribution in [-0.2, 0) is 23.1 Å². The lowest BCUT2D eigenvalue weighted by Gasteiger charge is -2.08. The molecule has 0 bridgehead atoms. The van der Waals surface area contributed by atoms with E-state index in [4.69, 9.17) is 4.74 Å². The Morgan fingerprint density at radius 1 is 1.21 bits per heavy atom. The van der Waals surface area contributed by atoms with Crippen molar-refractivity contribution in [1.82, 2.24) is 20.1 Å². The number of hydrogen-bond donors (Lipinski definition) is 1. The Kier molecular flexibility index (Phi) is 5.41. The van der Waals surface area contributed by atoms with Gasteiger partial charge in [0.15, 0.2) is 12.3 Å². The molecule has 0 radical (unpaired) electrons. The zero-order chi connectivity index (χ0) is 20.4. The van der Waals surface area contributed by atoms with Crippen LogP contribution >= 0.6 is 22.7 Å². The predicted octanol–water partition coefficient (Wildman–Crippen LogP) is 3.54. The summed E-state index contributed by atoms with van der Waals surface area (Å²) < 4.78 is 6.94. The number of aromatic nitrogens is 3. The fraction of sp³-hybridized carbons (Fsp3) is 0.200. The van der Waals surface area contributed by atoms with Gasteiger partial charge in [0.25, 0.3) is 5.91 Å². The summed E-state index contributed by atoms with van der Waals surface area (Å²) in [4.78, 5) is 31.5. The van der Waals surface area contributed by atoms with Crippen molar-refractivity contribution in [3.63, 3.8) is 0 Å². The molecule has 7 nitrogen and oxygen atoms in total. The second-order valence-electron chi connectivity index (χ2n) is 6.37. The number of fused-ring (bicyclic) bond motifs is 1. The molecule has 0 spiro atoms. The monoisotopic (exact) mass is 426 g/mol. The maximum Gasteiger partial charge on any atom is 0.339 e. The quantitative estimate of drug-likeness (QED) is 0.477. The molecule has 1 N–H and O–H groups in total. The maximum atomic E-state index is 12.8. The summed E-state index contributed by atoms with van der Waals surface area (Å²) >= 11 is 3.09. The molecule has 9 heteroatoms. The van der Waals surface area contributed by atoms with Gasteiger partial charge >= 0.3 is 5.97 Å². The van der Waals surface area contributed by atoms with Crippen LogP contribution in [0.4, 0.5) is 0 Å². The number of amides is 1. The summed E-state index contributed by atoms with van der Waals surface area (Å²) in [6, 6.07) is 9.42. The molecular formula is C20H18N4O3S2. The van der Waals surface area contributed by atoms with Crippen LogP contribution in [0.3, 0.4) is 0 Å². The van der Waals surface area contributed by atoms with Gasteiger partial charge in [0.2, 0.25) is 0 Å². The topological polar surface area (TPSA) is 86.1 Å². The largest absolute Gasteiger partial charge is 0.452 e. The molecule has 0 unspecified atom stereocenters. The van der Waals surface area contributed by atoms with Crippen molar-refractivity contribution in [2.75, 3.05) is 6.61 Å². The van der Waals surface area contributed by atoms with E-state index in [1.807, 2.05) is 41.9 Å². The lowest BCUT2D eigenvalue weighted by atomic mass is 10.1. The lowest BCUT2D eigenvalue weighted by molar-refractivity contribution is -0.124. The Hall–Kier alpha value is -3.04. The first-order chi connectivity index (χ1) is 14.0. The van der Waals surface area contributed by atoms with E-state index in [1.165, 1.54) is 11.3 Å². The highest BCUT2D eigenvalue weighted by molar-refractivity contribution is 7.13. The molecule has 0 atom stereocenters. The average molecular weight is 427 g/mol. The number of ether oxygens (including phenoxy) is 1. The number of nitrogens with zero attached hydrogens (tertiary/aromatic N) is 3. The van der Waals surface area contributed by atoms with Gasteiger partial charge in [0.05, 0.1) is 33.8 Å². The molecule has 0 aromatic carbocycles. The number of thiophene rings is 2. The van der Waals surface area contributed by atoms with Gasteiger partial charge in [-0.1, -0.05) is 12.1 Å². The van der Waals surface area contributed by atoms with Gasteiger partial charge in [-0.15, -0.1) is 22.7 Å². The molecule has 0 saturated carbocycles. The maximum absolute atomic E-state index is 12.8. The standard InChI is InChI=1S/C20H18N4O3S2/c1-12-18-14(20(26)27-11-17(25)21-10-13-5-3-7-28-13)9-15(16-6-4-8-29-16)22-19(18)24(2)23-12/h3-9H,10-11H2,1-2H3,(H,21,25). The normalized spacial score (nSPS) is 11.0. The third-order valence-electron chi connectivity index (χ3n) is 4.34. The molecule has 4 aromatic heterocycles. The Bertz CT molecular complexity index is 1160. The third kappa shape index (κ3) is 4.06. The van der Waals surface area contributed by atoms with Crippen LogP contribution in [0.15, 0.2) is 41.1 Å². The summed E-state index contributed by atoms with van der Waals surface area (Å²) in [6.45, 7) is 1.89. The van der Waals surface area contributed by atoms with Gasteiger partial charge < -0.3 is 10.1 Å². The Morgan fingerprint density at radius 2 is 2.00 bits per heavy atom. The number of aryl methyl sites for hydroxylation is 2. The van der Waals surface area contributed by atoms with Crippen LogP contribution in [0.5, 0.6) is 0 Å². The Balaban J connectivity index is 1.55. The zero-order valence-electron chi connectivity index (χ0n) is 15.8. The second kappa shape index (κ2) is 8.14. The van der Waals surface area contributed by atoms with Crippen molar-refractivity contribution in [3.8, 4) is 10.6 Å². The number of esters is 1. The second-order valence-corrected chi connectivity index (χ2v) is 8.35. The van der Waals surface area contributed by atoms with Gasteiger partial charge in [-0.3, -0.25) is 9.48 Å². The first-order valence-electron chi connectivity index (χ1n) is 8.87. The highest BCUT2D eigenvalue weighted by atomic mass is 32.1. The van der Waals surface area contributed by atoms with Gasteiger partial charge in [0.1, 0.15) is 0 Å². The van der Waals surface area contributed by atoms with Crippen LogP contribution in [0, 0.1) is 6.92 Å². The van der Waals surface area contributed by atoms with E-state index in [1.54, 1.807) is 29.1 Å². The van der Waals surface area contributed by atoms with Gasteiger partial charge in [-0.25, -0.2) is 9.78 Å². The predicted molar refractivity (Wildman–Crippen MR) is 113 cm³/mol. The Morgan fingerprint density at radius 3 is 2.72 bits per heavy atom. The molecule has 148 valence electrons. The van der Waals surface area contributed by atoms with Crippen LogP contribution in [0.2, 0.25) is 0 Å². The molecule has 0 aliphatic carbocycles. The molecule has 0 saturated heterocycles. The van der Waals surface area contributed by atoms with E-state index in [9.17, 15) is 9.59 Å². The molecule has 0 fully saturated rings. The van der Waals surface area contributed by atoms with Crippen LogP contribution < -0.4 is 5.32 Å². The number of pyridine rings is 1. The van der Waals surface area contributed by atoms with E-state index in [0.717, 1.165) is 9.75 Å². The van der Waals surface area contributed by atoms with Crippen LogP contribution in [0.25, 0.3) is 21.6 Å². The highest BCUT2D eigenvalue weighted by Gasteiger charge is 2.21. The van der Waals surface area contributed by atoms with Crippen molar-refractivity contribution in [2.45, 2.75) is 13.5 Å². The fourth-order valence-corrected chi connectivity index (χ4v) is 4.35. The van der Waals surface area contributed by atoms with Crippen LogP contribution in [0.1, 0.15) is 20.9 Å². The molecule has 4 rings (SSSR count). The zero-order valence-corrected chi connectivity index (χ0v) is 17.5.